The zero-order valence-electron chi connectivity index (χ0n) is 14.1. The van der Waals surface area contributed by atoms with E-state index in [2.05, 4.69) is 70.2 Å². The Morgan fingerprint density at radius 3 is 2.55 bits per heavy atom. The average molecular weight is 294 g/mol. The molecule has 0 N–H and O–H groups in total. The fourth-order valence-electron chi connectivity index (χ4n) is 3.54. The largest absolute Gasteiger partial charge is 0.469 e. The van der Waals surface area contributed by atoms with Gasteiger partial charge in [0.1, 0.15) is 5.76 Å². The van der Waals surface area contributed by atoms with Gasteiger partial charge in [0, 0.05) is 6.42 Å². The minimum atomic E-state index is 0.425. The molecule has 1 heterocycles. The highest BCUT2D eigenvalue weighted by molar-refractivity contribution is 5.26. The van der Waals surface area contributed by atoms with Gasteiger partial charge in [-0.15, -0.1) is 0 Å². The summed E-state index contributed by atoms with van der Waals surface area (Å²) >= 11 is 0. The fraction of sp³-hybridized carbons (Fsp3) is 0.429. The molecule has 116 valence electrons. The second-order valence-electron chi connectivity index (χ2n) is 7.49. The van der Waals surface area contributed by atoms with Crippen LogP contribution in [0, 0.1) is 17.3 Å². The van der Waals surface area contributed by atoms with Gasteiger partial charge in [0.15, 0.2) is 0 Å². The first kappa shape index (κ1) is 15.1. The summed E-state index contributed by atoms with van der Waals surface area (Å²) in [7, 11) is 0. The smallest absolute Gasteiger partial charge is 0.108 e. The molecular weight excluding hydrogens is 268 g/mol. The van der Waals surface area contributed by atoms with Gasteiger partial charge >= 0.3 is 0 Å². The van der Waals surface area contributed by atoms with Gasteiger partial charge in [-0.2, -0.15) is 0 Å². The van der Waals surface area contributed by atoms with E-state index in [4.69, 9.17) is 4.42 Å². The molecule has 3 rings (SSSR count). The number of hydrogen-bond acceptors (Lipinski definition) is 1. The van der Waals surface area contributed by atoms with E-state index < -0.39 is 0 Å². The first-order chi connectivity index (χ1) is 10.5. The third-order valence-corrected chi connectivity index (χ3v) is 5.04. The first-order valence-electron chi connectivity index (χ1n) is 8.22. The number of allylic oxidation sites excluding steroid dienone is 2. The molecule has 0 aliphatic heterocycles. The lowest BCUT2D eigenvalue weighted by Crippen LogP contribution is -1.93. The van der Waals surface area contributed by atoms with Crippen LogP contribution in [0.25, 0.3) is 0 Å². The monoisotopic (exact) mass is 294 g/mol. The molecule has 1 nitrogen and oxygen atoms in total. The van der Waals surface area contributed by atoms with Gasteiger partial charge in [-0.1, -0.05) is 55.8 Å². The van der Waals surface area contributed by atoms with Gasteiger partial charge in [-0.25, -0.2) is 0 Å². The van der Waals surface area contributed by atoms with Crippen LogP contribution in [0.15, 0.2) is 58.7 Å². The number of rotatable bonds is 5. The van der Waals surface area contributed by atoms with Crippen molar-refractivity contribution >= 4 is 0 Å². The molecule has 1 heteroatoms. The molecule has 2 atom stereocenters. The Hall–Kier alpha value is -1.76. The van der Waals surface area contributed by atoms with Crippen LogP contribution in [-0.2, 0) is 12.8 Å². The van der Waals surface area contributed by atoms with Gasteiger partial charge in [0.25, 0.3) is 0 Å². The predicted octanol–water partition coefficient (Wildman–Crippen LogP) is 5.65. The SMILES string of the molecule is CC(C)=C[C@@H]1[C@@H](Cc2coc(Cc3ccccc3)c2)C1(C)C. The molecule has 1 aromatic heterocycles. The highest BCUT2D eigenvalue weighted by Gasteiger charge is 2.55. The molecule has 1 aliphatic rings. The maximum atomic E-state index is 5.77. The fourth-order valence-corrected chi connectivity index (χ4v) is 3.54. The minimum absolute atomic E-state index is 0.425. The second kappa shape index (κ2) is 5.79. The van der Waals surface area contributed by atoms with Crippen LogP contribution >= 0.6 is 0 Å². The standard InChI is InChI=1S/C21H26O/c1-15(2)10-19-20(21(19,3)4)13-17-12-18(22-14-17)11-16-8-6-5-7-9-16/h5-10,12,14,19-20H,11,13H2,1-4H3/t19-,20-/m1/s1. The molecule has 22 heavy (non-hydrogen) atoms. The van der Waals surface area contributed by atoms with E-state index in [1.165, 1.54) is 16.7 Å². The third kappa shape index (κ3) is 3.19. The molecule has 0 radical (unpaired) electrons. The Morgan fingerprint density at radius 2 is 1.86 bits per heavy atom. The van der Waals surface area contributed by atoms with Crippen LogP contribution in [0.4, 0.5) is 0 Å². The quantitative estimate of drug-likeness (QED) is 0.649. The maximum absolute atomic E-state index is 5.77. The Bertz CT molecular complexity index is 656. The van der Waals surface area contributed by atoms with Crippen LogP contribution < -0.4 is 0 Å². The summed E-state index contributed by atoms with van der Waals surface area (Å²) in [5.74, 6) is 2.52. The maximum Gasteiger partial charge on any atom is 0.108 e. The normalized spacial score (nSPS) is 22.4. The Labute approximate surface area is 134 Å². The van der Waals surface area contributed by atoms with E-state index in [0.29, 0.717) is 11.3 Å². The highest BCUT2D eigenvalue weighted by Crippen LogP contribution is 2.60. The summed E-state index contributed by atoms with van der Waals surface area (Å²) in [6.07, 6.45) is 6.40. The second-order valence-corrected chi connectivity index (χ2v) is 7.49. The zero-order chi connectivity index (χ0) is 15.7. The molecule has 1 saturated carbocycles. The Kier molecular flexibility index (Phi) is 3.99. The molecule has 0 unspecified atom stereocenters. The summed E-state index contributed by atoms with van der Waals surface area (Å²) in [5.41, 5.74) is 4.50. The van der Waals surface area contributed by atoms with Crippen molar-refractivity contribution in [2.75, 3.05) is 0 Å². The Balaban J connectivity index is 1.64. The summed E-state index contributed by atoms with van der Waals surface area (Å²) < 4.78 is 5.77. The van der Waals surface area contributed by atoms with Crippen LogP contribution in [0.5, 0.6) is 0 Å². The van der Waals surface area contributed by atoms with Crippen molar-refractivity contribution in [3.63, 3.8) is 0 Å². The molecule has 1 aromatic carbocycles. The van der Waals surface area contributed by atoms with Crippen LogP contribution in [-0.4, -0.2) is 0 Å². The first-order valence-corrected chi connectivity index (χ1v) is 8.22. The molecule has 0 spiro atoms. The number of benzene rings is 1. The van der Waals surface area contributed by atoms with Crippen molar-refractivity contribution in [2.24, 2.45) is 17.3 Å². The van der Waals surface area contributed by atoms with E-state index in [1.807, 2.05) is 6.26 Å². The predicted molar refractivity (Wildman–Crippen MR) is 91.9 cm³/mol. The van der Waals surface area contributed by atoms with Crippen molar-refractivity contribution in [3.05, 3.63) is 71.2 Å². The lowest BCUT2D eigenvalue weighted by molar-refractivity contribution is 0.514. The van der Waals surface area contributed by atoms with Gasteiger partial charge in [-0.3, -0.25) is 0 Å². The van der Waals surface area contributed by atoms with E-state index >= 15 is 0 Å². The third-order valence-electron chi connectivity index (χ3n) is 5.04. The summed E-state index contributed by atoms with van der Waals surface area (Å²) in [6.45, 7) is 9.15. The van der Waals surface area contributed by atoms with Crippen molar-refractivity contribution in [2.45, 2.75) is 40.5 Å². The summed E-state index contributed by atoms with van der Waals surface area (Å²) in [4.78, 5) is 0. The number of hydrogen-bond donors (Lipinski definition) is 0. The van der Waals surface area contributed by atoms with Crippen molar-refractivity contribution in [1.82, 2.24) is 0 Å². The lowest BCUT2D eigenvalue weighted by Gasteiger charge is -2.00. The molecule has 1 fully saturated rings. The van der Waals surface area contributed by atoms with Gasteiger partial charge in [0.2, 0.25) is 0 Å². The number of furan rings is 1. The van der Waals surface area contributed by atoms with E-state index in [1.54, 1.807) is 0 Å². The molecule has 1 aliphatic carbocycles. The van der Waals surface area contributed by atoms with E-state index in [-0.39, 0.29) is 0 Å². The van der Waals surface area contributed by atoms with Gasteiger partial charge in [-0.05, 0) is 54.7 Å². The Morgan fingerprint density at radius 1 is 1.14 bits per heavy atom. The molecule has 0 amide bonds. The van der Waals surface area contributed by atoms with Gasteiger partial charge in [0.05, 0.1) is 6.26 Å². The van der Waals surface area contributed by atoms with Crippen molar-refractivity contribution < 1.29 is 4.42 Å². The van der Waals surface area contributed by atoms with Crippen molar-refractivity contribution in [1.29, 1.82) is 0 Å². The molecule has 0 saturated heterocycles. The minimum Gasteiger partial charge on any atom is -0.469 e. The van der Waals surface area contributed by atoms with Crippen LogP contribution in [0.2, 0.25) is 0 Å². The topological polar surface area (TPSA) is 13.1 Å². The molecular formula is C21H26O. The molecule has 0 bridgehead atoms. The average Bonchev–Trinajstić information content (AvgIpc) is 2.82. The lowest BCUT2D eigenvalue weighted by atomic mass is 10.0. The van der Waals surface area contributed by atoms with Gasteiger partial charge < -0.3 is 4.42 Å². The van der Waals surface area contributed by atoms with Crippen molar-refractivity contribution in [3.8, 4) is 0 Å². The zero-order valence-corrected chi connectivity index (χ0v) is 14.1. The molecule has 2 aromatic rings. The summed E-state index contributed by atoms with van der Waals surface area (Å²) in [6, 6.07) is 12.7. The highest BCUT2D eigenvalue weighted by atomic mass is 16.3. The summed E-state index contributed by atoms with van der Waals surface area (Å²) in [5, 5.41) is 0. The van der Waals surface area contributed by atoms with Crippen LogP contribution in [0.3, 0.4) is 0 Å². The van der Waals surface area contributed by atoms with E-state index in [0.717, 1.165) is 24.5 Å². The van der Waals surface area contributed by atoms with Crippen LogP contribution in [0.1, 0.15) is 44.6 Å². The van der Waals surface area contributed by atoms with E-state index in [9.17, 15) is 0 Å².